The van der Waals surface area contributed by atoms with Crippen LogP contribution in [0.1, 0.15) is 5.89 Å². The van der Waals surface area contributed by atoms with Crippen LogP contribution in [0.25, 0.3) is 11.3 Å². The third-order valence-electron chi connectivity index (χ3n) is 4.08. The van der Waals surface area contributed by atoms with E-state index < -0.39 is 0 Å². The van der Waals surface area contributed by atoms with Gasteiger partial charge < -0.3 is 20.2 Å². The van der Waals surface area contributed by atoms with Crippen molar-refractivity contribution >= 4 is 35.6 Å². The number of anilines is 1. The SMILES string of the molecule is I.NC(=NCc1ncc(-c2ccccc2)o1)Nc1cccc(Oc2ccccc2)c1. The normalized spacial score (nSPS) is 10.9. The number of nitrogens with one attached hydrogen (secondary N) is 1. The third-order valence-corrected chi connectivity index (χ3v) is 4.08. The topological polar surface area (TPSA) is 85.7 Å². The van der Waals surface area contributed by atoms with E-state index in [0.717, 1.165) is 17.0 Å². The van der Waals surface area contributed by atoms with Crippen LogP contribution < -0.4 is 15.8 Å². The molecule has 3 N–H and O–H groups in total. The Balaban J connectivity index is 0.00000256. The molecule has 152 valence electrons. The number of benzene rings is 3. The molecule has 3 aromatic carbocycles. The van der Waals surface area contributed by atoms with Crippen molar-refractivity contribution in [2.24, 2.45) is 10.7 Å². The van der Waals surface area contributed by atoms with E-state index in [9.17, 15) is 0 Å². The summed E-state index contributed by atoms with van der Waals surface area (Å²) in [5.41, 5.74) is 7.75. The molecule has 0 spiro atoms. The Morgan fingerprint density at radius 2 is 1.63 bits per heavy atom. The van der Waals surface area contributed by atoms with Gasteiger partial charge in [0.05, 0.1) is 6.20 Å². The second-order valence-electron chi connectivity index (χ2n) is 6.25. The van der Waals surface area contributed by atoms with Gasteiger partial charge in [0.25, 0.3) is 0 Å². The first-order valence-corrected chi connectivity index (χ1v) is 9.16. The van der Waals surface area contributed by atoms with Gasteiger partial charge >= 0.3 is 0 Å². The molecule has 0 amide bonds. The fraction of sp³-hybridized carbons (Fsp3) is 0.0435. The van der Waals surface area contributed by atoms with E-state index in [1.165, 1.54) is 0 Å². The number of halogens is 1. The van der Waals surface area contributed by atoms with Crippen molar-refractivity contribution in [3.05, 3.63) is 97.0 Å². The summed E-state index contributed by atoms with van der Waals surface area (Å²) >= 11 is 0. The van der Waals surface area contributed by atoms with Crippen molar-refractivity contribution in [1.29, 1.82) is 0 Å². The number of aliphatic imine (C=N–C) groups is 1. The highest BCUT2D eigenvalue weighted by Gasteiger charge is 2.06. The lowest BCUT2D eigenvalue weighted by Gasteiger charge is -2.09. The molecular formula is C23H21IN4O2. The highest BCUT2D eigenvalue weighted by molar-refractivity contribution is 14.0. The summed E-state index contributed by atoms with van der Waals surface area (Å²) in [5, 5.41) is 3.06. The average Bonchev–Trinajstić information content (AvgIpc) is 3.23. The Kier molecular flexibility index (Phi) is 7.45. The Bertz CT molecular complexity index is 1100. The van der Waals surface area contributed by atoms with Gasteiger partial charge in [0.2, 0.25) is 5.89 Å². The molecule has 4 rings (SSSR count). The van der Waals surface area contributed by atoms with Gasteiger partial charge in [-0.05, 0) is 24.3 Å². The van der Waals surface area contributed by atoms with Gasteiger partial charge in [0.15, 0.2) is 11.7 Å². The molecule has 0 aliphatic heterocycles. The van der Waals surface area contributed by atoms with Crippen LogP contribution in [0.5, 0.6) is 11.5 Å². The summed E-state index contributed by atoms with van der Waals surface area (Å²) in [6, 6.07) is 26.9. The summed E-state index contributed by atoms with van der Waals surface area (Å²) in [6.07, 6.45) is 1.69. The fourth-order valence-corrected chi connectivity index (χ4v) is 2.72. The smallest absolute Gasteiger partial charge is 0.216 e. The number of para-hydroxylation sites is 1. The van der Waals surface area contributed by atoms with E-state index in [1.807, 2.05) is 84.9 Å². The zero-order valence-corrected chi connectivity index (χ0v) is 18.4. The number of rotatable bonds is 6. The minimum Gasteiger partial charge on any atom is -0.457 e. The summed E-state index contributed by atoms with van der Waals surface area (Å²) < 4.78 is 11.6. The van der Waals surface area contributed by atoms with E-state index in [4.69, 9.17) is 14.9 Å². The van der Waals surface area contributed by atoms with Gasteiger partial charge in [0, 0.05) is 17.3 Å². The van der Waals surface area contributed by atoms with Crippen molar-refractivity contribution in [3.63, 3.8) is 0 Å². The summed E-state index contributed by atoms with van der Waals surface area (Å²) in [5.74, 6) is 2.93. The summed E-state index contributed by atoms with van der Waals surface area (Å²) in [4.78, 5) is 8.55. The molecule has 30 heavy (non-hydrogen) atoms. The number of aromatic nitrogens is 1. The maximum Gasteiger partial charge on any atom is 0.216 e. The first kappa shape index (κ1) is 21.4. The summed E-state index contributed by atoms with van der Waals surface area (Å²) in [6.45, 7) is 0.242. The van der Waals surface area contributed by atoms with Gasteiger partial charge in [-0.2, -0.15) is 0 Å². The molecule has 0 atom stereocenters. The molecule has 1 heterocycles. The number of guanidine groups is 1. The quantitative estimate of drug-likeness (QED) is 0.197. The lowest BCUT2D eigenvalue weighted by molar-refractivity contribution is 0.483. The Hall–Kier alpha value is -3.33. The van der Waals surface area contributed by atoms with Crippen LogP contribution in [-0.4, -0.2) is 10.9 Å². The minimum atomic E-state index is 0. The molecule has 7 heteroatoms. The van der Waals surface area contributed by atoms with Crippen LogP contribution >= 0.6 is 24.0 Å². The van der Waals surface area contributed by atoms with Crippen LogP contribution in [0, 0.1) is 0 Å². The molecular weight excluding hydrogens is 491 g/mol. The van der Waals surface area contributed by atoms with Crippen LogP contribution in [0.2, 0.25) is 0 Å². The second-order valence-corrected chi connectivity index (χ2v) is 6.25. The van der Waals surface area contributed by atoms with Crippen molar-refractivity contribution < 1.29 is 9.15 Å². The van der Waals surface area contributed by atoms with E-state index in [-0.39, 0.29) is 36.5 Å². The second kappa shape index (κ2) is 10.4. The van der Waals surface area contributed by atoms with E-state index in [0.29, 0.717) is 17.4 Å². The molecule has 0 radical (unpaired) electrons. The van der Waals surface area contributed by atoms with E-state index in [2.05, 4.69) is 15.3 Å². The highest BCUT2D eigenvalue weighted by Crippen LogP contribution is 2.24. The molecule has 0 bridgehead atoms. The Morgan fingerprint density at radius 1 is 0.933 bits per heavy atom. The molecule has 0 aliphatic carbocycles. The zero-order valence-electron chi connectivity index (χ0n) is 16.1. The number of ether oxygens (including phenoxy) is 1. The number of oxazole rings is 1. The average molecular weight is 512 g/mol. The lowest BCUT2D eigenvalue weighted by Crippen LogP contribution is -2.22. The first-order chi connectivity index (χ1) is 14.3. The molecule has 0 unspecified atom stereocenters. The predicted molar refractivity (Wildman–Crippen MR) is 129 cm³/mol. The van der Waals surface area contributed by atoms with Gasteiger partial charge in [-0.15, -0.1) is 24.0 Å². The predicted octanol–water partition coefficient (Wildman–Crippen LogP) is 5.68. The zero-order chi connectivity index (χ0) is 19.9. The molecule has 1 aromatic heterocycles. The molecule has 6 nitrogen and oxygen atoms in total. The lowest BCUT2D eigenvalue weighted by atomic mass is 10.2. The molecule has 4 aromatic rings. The molecule has 0 fully saturated rings. The van der Waals surface area contributed by atoms with Crippen LogP contribution in [0.15, 0.2) is 101 Å². The minimum absolute atomic E-state index is 0. The van der Waals surface area contributed by atoms with E-state index in [1.54, 1.807) is 6.20 Å². The maximum atomic E-state index is 6.00. The van der Waals surface area contributed by atoms with E-state index >= 15 is 0 Å². The highest BCUT2D eigenvalue weighted by atomic mass is 127. The third kappa shape index (κ3) is 5.84. The first-order valence-electron chi connectivity index (χ1n) is 9.16. The number of nitrogens with two attached hydrogens (primary N) is 1. The van der Waals surface area contributed by atoms with Crippen molar-refractivity contribution in [2.75, 3.05) is 5.32 Å². The van der Waals surface area contributed by atoms with Gasteiger partial charge in [-0.3, -0.25) is 0 Å². The molecule has 0 saturated heterocycles. The van der Waals surface area contributed by atoms with Gasteiger partial charge in [0.1, 0.15) is 18.0 Å². The van der Waals surface area contributed by atoms with Gasteiger partial charge in [-0.25, -0.2) is 9.98 Å². The largest absolute Gasteiger partial charge is 0.457 e. The summed E-state index contributed by atoms with van der Waals surface area (Å²) in [7, 11) is 0. The number of hydrogen-bond acceptors (Lipinski definition) is 4. The van der Waals surface area contributed by atoms with Crippen molar-refractivity contribution in [1.82, 2.24) is 4.98 Å². The monoisotopic (exact) mass is 512 g/mol. The standard InChI is InChI=1S/C23H20N4O2.HI/c24-23(26-16-22-25-15-21(29-22)17-8-3-1-4-9-17)27-18-10-7-13-20(14-18)28-19-11-5-2-6-12-19;/h1-15H,16H2,(H3,24,26,27);1H. The Labute approximate surface area is 191 Å². The van der Waals surface area contributed by atoms with Crippen molar-refractivity contribution in [2.45, 2.75) is 6.54 Å². The maximum absolute atomic E-state index is 6.00. The molecule has 0 saturated carbocycles. The van der Waals surface area contributed by atoms with Crippen LogP contribution in [0.3, 0.4) is 0 Å². The number of hydrogen-bond donors (Lipinski definition) is 2. The molecule has 0 aliphatic rings. The fourth-order valence-electron chi connectivity index (χ4n) is 2.72. The van der Waals surface area contributed by atoms with Gasteiger partial charge in [-0.1, -0.05) is 54.6 Å². The van der Waals surface area contributed by atoms with Crippen molar-refractivity contribution in [3.8, 4) is 22.8 Å². The Morgan fingerprint density at radius 3 is 2.40 bits per heavy atom. The van der Waals surface area contributed by atoms with Crippen LogP contribution in [0.4, 0.5) is 5.69 Å². The number of nitrogens with zero attached hydrogens (tertiary/aromatic N) is 2. The van der Waals surface area contributed by atoms with Crippen LogP contribution in [-0.2, 0) is 6.54 Å².